The number of rotatable bonds is 4. The number of carbonyl (C=O) groups is 2. The fourth-order valence-electron chi connectivity index (χ4n) is 1.89. The molecule has 0 aliphatic heterocycles. The van der Waals surface area contributed by atoms with Gasteiger partial charge in [-0.1, -0.05) is 11.6 Å². The summed E-state index contributed by atoms with van der Waals surface area (Å²) < 4.78 is 0. The molecular weight excluding hydrogens is 292 g/mol. The highest BCUT2D eigenvalue weighted by molar-refractivity contribution is 6.34. The highest BCUT2D eigenvalue weighted by Crippen LogP contribution is 2.28. The van der Waals surface area contributed by atoms with Crippen molar-refractivity contribution in [2.24, 2.45) is 5.73 Å². The Morgan fingerprint density at radius 1 is 1.10 bits per heavy atom. The molecule has 0 heterocycles. The molecule has 0 radical (unpaired) electrons. The number of carbonyl (C=O) groups excluding carboxylic acids is 1. The molecule has 3 N–H and O–H groups in total. The maximum atomic E-state index is 11.1. The van der Waals surface area contributed by atoms with Crippen LogP contribution in [0.15, 0.2) is 42.5 Å². The second kappa shape index (κ2) is 5.85. The zero-order valence-corrected chi connectivity index (χ0v) is 12.0. The maximum Gasteiger partial charge on any atom is 0.335 e. The van der Waals surface area contributed by atoms with Crippen LogP contribution in [0.5, 0.6) is 0 Å². The van der Waals surface area contributed by atoms with Gasteiger partial charge in [0.05, 0.1) is 16.1 Å². The lowest BCUT2D eigenvalue weighted by atomic mass is 10.1. The molecule has 0 aromatic heterocycles. The minimum absolute atomic E-state index is 0.217. The maximum absolute atomic E-state index is 11.1. The molecule has 0 fully saturated rings. The number of nitrogens with zero attached hydrogens (tertiary/aromatic N) is 1. The van der Waals surface area contributed by atoms with Gasteiger partial charge in [0, 0.05) is 18.4 Å². The standard InChI is InChI=1S/C15H13ClN2O3/c1-18(10-4-2-9(3-5-10)15(20)21)11-6-7-12(14(17)19)13(16)8-11/h2-8H,1H3,(H2,17,19)(H,20,21). The summed E-state index contributed by atoms with van der Waals surface area (Å²) in [7, 11) is 1.81. The molecule has 0 atom stereocenters. The van der Waals surface area contributed by atoms with E-state index >= 15 is 0 Å². The SMILES string of the molecule is CN(c1ccc(C(=O)O)cc1)c1ccc(C(N)=O)c(Cl)c1. The molecule has 2 rings (SSSR count). The van der Waals surface area contributed by atoms with Gasteiger partial charge in [0.1, 0.15) is 0 Å². The van der Waals surface area contributed by atoms with Gasteiger partial charge in [0.25, 0.3) is 0 Å². The predicted molar refractivity (Wildman–Crippen MR) is 81.4 cm³/mol. The van der Waals surface area contributed by atoms with Crippen LogP contribution in [0.25, 0.3) is 0 Å². The molecule has 0 bridgehead atoms. The van der Waals surface area contributed by atoms with Crippen LogP contribution in [0, 0.1) is 0 Å². The summed E-state index contributed by atoms with van der Waals surface area (Å²) in [5.74, 6) is -1.56. The van der Waals surface area contributed by atoms with Crippen LogP contribution in [-0.4, -0.2) is 24.0 Å². The third-order valence-corrected chi connectivity index (χ3v) is 3.42. The van der Waals surface area contributed by atoms with Crippen LogP contribution >= 0.6 is 11.6 Å². The van der Waals surface area contributed by atoms with Gasteiger partial charge in [-0.2, -0.15) is 0 Å². The van der Waals surface area contributed by atoms with Crippen molar-refractivity contribution < 1.29 is 14.7 Å². The number of carboxylic acid groups (broad SMARTS) is 1. The Morgan fingerprint density at radius 2 is 1.67 bits per heavy atom. The number of anilines is 2. The highest BCUT2D eigenvalue weighted by atomic mass is 35.5. The van der Waals surface area contributed by atoms with E-state index in [-0.39, 0.29) is 16.1 Å². The van der Waals surface area contributed by atoms with Crippen LogP contribution in [0.1, 0.15) is 20.7 Å². The van der Waals surface area contributed by atoms with Gasteiger partial charge in [0.2, 0.25) is 5.91 Å². The molecule has 0 saturated carbocycles. The van der Waals surface area contributed by atoms with Gasteiger partial charge in [-0.05, 0) is 42.5 Å². The molecule has 1 amide bonds. The van der Waals surface area contributed by atoms with Crippen molar-refractivity contribution in [1.29, 1.82) is 0 Å². The summed E-state index contributed by atoms with van der Waals surface area (Å²) in [4.78, 5) is 23.8. The Balaban J connectivity index is 2.31. The third kappa shape index (κ3) is 3.14. The predicted octanol–water partition coefficient (Wildman–Crippen LogP) is 2.91. The molecule has 2 aromatic carbocycles. The monoisotopic (exact) mass is 304 g/mol. The van der Waals surface area contributed by atoms with Gasteiger partial charge in [-0.25, -0.2) is 4.79 Å². The van der Waals surface area contributed by atoms with Crippen molar-refractivity contribution in [3.63, 3.8) is 0 Å². The number of carboxylic acids is 1. The van der Waals surface area contributed by atoms with Crippen LogP contribution in [0.2, 0.25) is 5.02 Å². The van der Waals surface area contributed by atoms with Crippen molar-refractivity contribution >= 4 is 34.9 Å². The van der Waals surface area contributed by atoms with Crippen LogP contribution < -0.4 is 10.6 Å². The van der Waals surface area contributed by atoms with E-state index in [1.54, 1.807) is 30.3 Å². The van der Waals surface area contributed by atoms with Crippen molar-refractivity contribution in [3.05, 3.63) is 58.6 Å². The minimum Gasteiger partial charge on any atom is -0.478 e. The molecule has 0 saturated heterocycles. The molecule has 0 spiro atoms. The Hall–Kier alpha value is -2.53. The number of nitrogens with two attached hydrogens (primary N) is 1. The van der Waals surface area contributed by atoms with Crippen molar-refractivity contribution in [1.82, 2.24) is 0 Å². The lowest BCUT2D eigenvalue weighted by molar-refractivity contribution is 0.0696. The highest BCUT2D eigenvalue weighted by Gasteiger charge is 2.11. The summed E-state index contributed by atoms with van der Waals surface area (Å²) in [6.07, 6.45) is 0. The molecule has 108 valence electrons. The van der Waals surface area contributed by atoms with Crippen LogP contribution in [0.3, 0.4) is 0 Å². The number of aromatic carboxylic acids is 1. The van der Waals surface area contributed by atoms with E-state index in [0.717, 1.165) is 11.4 Å². The lowest BCUT2D eigenvalue weighted by Crippen LogP contribution is -2.13. The second-order valence-electron chi connectivity index (χ2n) is 4.44. The van der Waals surface area contributed by atoms with E-state index in [1.165, 1.54) is 12.1 Å². The molecule has 0 aliphatic carbocycles. The van der Waals surface area contributed by atoms with E-state index in [0.29, 0.717) is 0 Å². The molecule has 2 aromatic rings. The second-order valence-corrected chi connectivity index (χ2v) is 4.85. The van der Waals surface area contributed by atoms with Crippen molar-refractivity contribution in [3.8, 4) is 0 Å². The quantitative estimate of drug-likeness (QED) is 0.909. The minimum atomic E-state index is -0.974. The van der Waals surface area contributed by atoms with E-state index in [9.17, 15) is 9.59 Å². The van der Waals surface area contributed by atoms with E-state index in [1.807, 2.05) is 11.9 Å². The smallest absolute Gasteiger partial charge is 0.335 e. The third-order valence-electron chi connectivity index (χ3n) is 3.11. The van der Waals surface area contributed by atoms with Gasteiger partial charge in [-0.15, -0.1) is 0 Å². The van der Waals surface area contributed by atoms with Crippen molar-refractivity contribution in [2.45, 2.75) is 0 Å². The largest absolute Gasteiger partial charge is 0.478 e. The first kappa shape index (κ1) is 14.9. The average molecular weight is 305 g/mol. The number of hydrogen-bond donors (Lipinski definition) is 2. The van der Waals surface area contributed by atoms with Gasteiger partial charge in [0.15, 0.2) is 0 Å². The van der Waals surface area contributed by atoms with Crippen LogP contribution in [-0.2, 0) is 0 Å². The molecule has 21 heavy (non-hydrogen) atoms. The summed E-state index contributed by atoms with van der Waals surface area (Å²) >= 11 is 6.02. The molecule has 6 heteroatoms. The molecule has 5 nitrogen and oxygen atoms in total. The fourth-order valence-corrected chi connectivity index (χ4v) is 2.16. The summed E-state index contributed by atoms with van der Waals surface area (Å²) in [5, 5.41) is 9.15. The lowest BCUT2D eigenvalue weighted by Gasteiger charge is -2.20. The Morgan fingerprint density at radius 3 is 2.14 bits per heavy atom. The zero-order valence-electron chi connectivity index (χ0n) is 11.2. The Kier molecular flexibility index (Phi) is 4.14. The summed E-state index contributed by atoms with van der Waals surface area (Å²) in [6, 6.07) is 11.3. The molecular formula is C15H13ClN2O3. The first-order valence-electron chi connectivity index (χ1n) is 6.06. The molecule has 0 unspecified atom stereocenters. The van der Waals surface area contributed by atoms with E-state index in [4.69, 9.17) is 22.4 Å². The normalized spacial score (nSPS) is 10.2. The number of benzene rings is 2. The Labute approximate surface area is 126 Å². The molecule has 0 aliphatic rings. The van der Waals surface area contributed by atoms with Gasteiger partial charge >= 0.3 is 5.97 Å². The summed E-state index contributed by atoms with van der Waals surface area (Å²) in [5.41, 5.74) is 7.23. The first-order chi connectivity index (χ1) is 9.90. The van der Waals surface area contributed by atoms with Crippen LogP contribution in [0.4, 0.5) is 11.4 Å². The van der Waals surface area contributed by atoms with E-state index < -0.39 is 11.9 Å². The zero-order chi connectivity index (χ0) is 15.6. The number of hydrogen-bond acceptors (Lipinski definition) is 3. The average Bonchev–Trinajstić information content (AvgIpc) is 2.46. The summed E-state index contributed by atoms with van der Waals surface area (Å²) in [6.45, 7) is 0. The number of primary amides is 1. The Bertz CT molecular complexity index is 699. The van der Waals surface area contributed by atoms with Gasteiger partial charge in [-0.3, -0.25) is 4.79 Å². The fraction of sp³-hybridized carbons (Fsp3) is 0.0667. The topological polar surface area (TPSA) is 83.6 Å². The van der Waals surface area contributed by atoms with E-state index in [2.05, 4.69) is 0 Å². The first-order valence-corrected chi connectivity index (χ1v) is 6.44. The number of amides is 1. The van der Waals surface area contributed by atoms with Gasteiger partial charge < -0.3 is 15.7 Å². The van der Waals surface area contributed by atoms with Crippen molar-refractivity contribution in [2.75, 3.05) is 11.9 Å². The number of halogens is 1.